The molecule has 2 rings (SSSR count). The van der Waals surface area contributed by atoms with E-state index in [1.54, 1.807) is 0 Å². The zero-order valence-corrected chi connectivity index (χ0v) is 13.3. The largest absolute Gasteiger partial charge is 0.488 e. The maximum absolute atomic E-state index is 5.98. The van der Waals surface area contributed by atoms with Crippen molar-refractivity contribution < 1.29 is 4.74 Å². The Kier molecular flexibility index (Phi) is 6.69. The van der Waals surface area contributed by atoms with Crippen LogP contribution in [0.4, 0.5) is 0 Å². The number of aryl methyl sites for hydroxylation is 2. The van der Waals surface area contributed by atoms with Gasteiger partial charge in [0.1, 0.15) is 12.4 Å². The molecule has 0 aromatic heterocycles. The Morgan fingerprint density at radius 2 is 1.62 bits per heavy atom. The highest BCUT2D eigenvalue weighted by Crippen LogP contribution is 2.27. The van der Waals surface area contributed by atoms with Crippen molar-refractivity contribution in [2.45, 2.75) is 26.5 Å². The summed E-state index contributed by atoms with van der Waals surface area (Å²) in [5.74, 6) is 0.932. The van der Waals surface area contributed by atoms with Gasteiger partial charge in [0.05, 0.1) is 0 Å². The monoisotopic (exact) mass is 306 g/mol. The molecule has 0 saturated carbocycles. The first-order chi connectivity index (χ1) is 9.61. The Labute approximate surface area is 132 Å². The Hall–Kier alpha value is -1.55. The Morgan fingerprint density at radius 3 is 2.14 bits per heavy atom. The Morgan fingerprint density at radius 1 is 1.05 bits per heavy atom. The van der Waals surface area contributed by atoms with Crippen LogP contribution >= 0.6 is 12.4 Å². The molecule has 0 amide bonds. The first kappa shape index (κ1) is 17.5. The van der Waals surface area contributed by atoms with Crippen LogP contribution in [0.15, 0.2) is 42.5 Å². The maximum Gasteiger partial charge on any atom is 0.125 e. The smallest absolute Gasteiger partial charge is 0.125 e. The lowest BCUT2D eigenvalue weighted by atomic mass is 10.0. The molecule has 0 bridgehead atoms. The third kappa shape index (κ3) is 4.46. The Balaban J connectivity index is 0.00000220. The van der Waals surface area contributed by atoms with Crippen molar-refractivity contribution in [3.05, 3.63) is 64.7 Å². The molecule has 0 unspecified atom stereocenters. The van der Waals surface area contributed by atoms with Crippen molar-refractivity contribution in [1.29, 1.82) is 0 Å². The normalized spacial score (nSPS) is 11.6. The molecule has 4 N–H and O–H groups in total. The van der Waals surface area contributed by atoms with E-state index in [9.17, 15) is 0 Å². The molecule has 114 valence electrons. The predicted molar refractivity (Wildman–Crippen MR) is 89.9 cm³/mol. The van der Waals surface area contributed by atoms with E-state index in [-0.39, 0.29) is 18.4 Å². The number of benzene rings is 2. The van der Waals surface area contributed by atoms with Crippen LogP contribution in [0.2, 0.25) is 0 Å². The van der Waals surface area contributed by atoms with E-state index in [1.165, 1.54) is 0 Å². The van der Waals surface area contributed by atoms with Gasteiger partial charge in [0.15, 0.2) is 0 Å². The number of halogens is 1. The molecule has 2 aromatic rings. The second-order valence-corrected chi connectivity index (χ2v) is 5.10. The lowest BCUT2D eigenvalue weighted by Gasteiger charge is -2.16. The first-order valence-electron chi connectivity index (χ1n) is 6.85. The summed E-state index contributed by atoms with van der Waals surface area (Å²) in [6, 6.07) is 14.2. The highest BCUT2D eigenvalue weighted by molar-refractivity contribution is 5.85. The van der Waals surface area contributed by atoms with E-state index in [1.807, 2.05) is 32.0 Å². The van der Waals surface area contributed by atoms with Crippen LogP contribution in [0.1, 0.15) is 28.3 Å². The Bertz CT molecular complexity index is 549. The highest BCUT2D eigenvalue weighted by Gasteiger charge is 2.10. The third-order valence-electron chi connectivity index (χ3n) is 3.39. The third-order valence-corrected chi connectivity index (χ3v) is 3.39. The van der Waals surface area contributed by atoms with E-state index in [4.69, 9.17) is 16.2 Å². The number of hydrogen-bond acceptors (Lipinski definition) is 3. The number of nitrogens with two attached hydrogens (primary N) is 2. The van der Waals surface area contributed by atoms with Crippen LogP contribution in [0, 0.1) is 13.8 Å². The summed E-state index contributed by atoms with van der Waals surface area (Å²) in [5, 5.41) is 0. The van der Waals surface area contributed by atoms with Crippen molar-refractivity contribution in [2.75, 3.05) is 6.54 Å². The summed E-state index contributed by atoms with van der Waals surface area (Å²) < 4.78 is 5.95. The van der Waals surface area contributed by atoms with Crippen LogP contribution in [0.25, 0.3) is 0 Å². The zero-order valence-electron chi connectivity index (χ0n) is 12.5. The molecule has 4 heteroatoms. The SMILES string of the molecule is Cc1cc([C@H](N)CN)cc(C)c1OCc1ccccc1.Cl. The molecule has 1 atom stereocenters. The van der Waals surface area contributed by atoms with E-state index in [0.29, 0.717) is 13.2 Å². The van der Waals surface area contributed by atoms with E-state index in [0.717, 1.165) is 28.0 Å². The van der Waals surface area contributed by atoms with Gasteiger partial charge in [-0.2, -0.15) is 0 Å². The summed E-state index contributed by atoms with van der Waals surface area (Å²) >= 11 is 0. The van der Waals surface area contributed by atoms with Gasteiger partial charge >= 0.3 is 0 Å². The quantitative estimate of drug-likeness (QED) is 0.891. The molecule has 0 aliphatic heterocycles. The standard InChI is InChI=1S/C17H22N2O.ClH/c1-12-8-15(16(19)10-18)9-13(2)17(12)20-11-14-6-4-3-5-7-14;/h3-9,16H,10-11,18-19H2,1-2H3;1H/t16-;/m1./s1. The van der Waals surface area contributed by atoms with Crippen LogP contribution in [0.3, 0.4) is 0 Å². The van der Waals surface area contributed by atoms with Gasteiger partial charge in [0, 0.05) is 12.6 Å². The van der Waals surface area contributed by atoms with E-state index >= 15 is 0 Å². The van der Waals surface area contributed by atoms with Crippen molar-refractivity contribution in [3.8, 4) is 5.75 Å². The summed E-state index contributed by atoms with van der Waals surface area (Å²) in [6.45, 7) is 5.11. The van der Waals surface area contributed by atoms with E-state index < -0.39 is 0 Å². The minimum Gasteiger partial charge on any atom is -0.488 e. The minimum absolute atomic E-state index is 0. The fourth-order valence-electron chi connectivity index (χ4n) is 2.29. The average molecular weight is 307 g/mol. The zero-order chi connectivity index (χ0) is 14.5. The molecule has 3 nitrogen and oxygen atoms in total. The fraction of sp³-hybridized carbons (Fsp3) is 0.294. The van der Waals surface area contributed by atoms with Gasteiger partial charge < -0.3 is 16.2 Å². The topological polar surface area (TPSA) is 61.3 Å². The molecular formula is C17H23ClN2O. The van der Waals surface area contributed by atoms with Gasteiger partial charge in [-0.3, -0.25) is 0 Å². The minimum atomic E-state index is -0.115. The molecule has 0 spiro atoms. The predicted octanol–water partition coefficient (Wildman–Crippen LogP) is 3.26. The summed E-state index contributed by atoms with van der Waals surface area (Å²) in [7, 11) is 0. The van der Waals surface area contributed by atoms with Crippen molar-refractivity contribution in [1.82, 2.24) is 0 Å². The summed E-state index contributed by atoms with van der Waals surface area (Å²) in [5.41, 5.74) is 16.0. The number of hydrogen-bond donors (Lipinski definition) is 2. The van der Waals surface area contributed by atoms with Crippen molar-refractivity contribution in [3.63, 3.8) is 0 Å². The molecule has 21 heavy (non-hydrogen) atoms. The summed E-state index contributed by atoms with van der Waals surface area (Å²) in [4.78, 5) is 0. The first-order valence-corrected chi connectivity index (χ1v) is 6.85. The van der Waals surface area contributed by atoms with Gasteiger partial charge in [-0.15, -0.1) is 12.4 Å². The molecule has 0 radical (unpaired) electrons. The fourth-order valence-corrected chi connectivity index (χ4v) is 2.29. The average Bonchev–Trinajstić information content (AvgIpc) is 2.46. The molecule has 0 fully saturated rings. The number of rotatable bonds is 5. The number of ether oxygens (including phenoxy) is 1. The summed E-state index contributed by atoms with van der Waals surface area (Å²) in [6.07, 6.45) is 0. The highest BCUT2D eigenvalue weighted by atomic mass is 35.5. The van der Waals surface area contributed by atoms with Crippen molar-refractivity contribution >= 4 is 12.4 Å². The van der Waals surface area contributed by atoms with Gasteiger partial charge in [-0.25, -0.2) is 0 Å². The van der Waals surface area contributed by atoms with Gasteiger partial charge in [0.2, 0.25) is 0 Å². The van der Waals surface area contributed by atoms with Crippen LogP contribution in [-0.4, -0.2) is 6.54 Å². The molecule has 0 aliphatic carbocycles. The second kappa shape index (κ2) is 8.03. The molecule has 2 aromatic carbocycles. The van der Waals surface area contributed by atoms with Gasteiger partial charge in [-0.05, 0) is 36.1 Å². The van der Waals surface area contributed by atoms with Crippen molar-refractivity contribution in [2.24, 2.45) is 11.5 Å². The second-order valence-electron chi connectivity index (χ2n) is 5.10. The van der Waals surface area contributed by atoms with Gasteiger partial charge in [-0.1, -0.05) is 42.5 Å². The van der Waals surface area contributed by atoms with Crippen LogP contribution in [0.5, 0.6) is 5.75 Å². The lowest BCUT2D eigenvalue weighted by molar-refractivity contribution is 0.302. The molecule has 0 saturated heterocycles. The van der Waals surface area contributed by atoms with Gasteiger partial charge in [0.25, 0.3) is 0 Å². The molecular weight excluding hydrogens is 284 g/mol. The molecule has 0 aliphatic rings. The molecule has 0 heterocycles. The van der Waals surface area contributed by atoms with E-state index in [2.05, 4.69) is 24.3 Å². The maximum atomic E-state index is 5.98. The lowest BCUT2D eigenvalue weighted by Crippen LogP contribution is -2.21. The van der Waals surface area contributed by atoms with Crippen LogP contribution < -0.4 is 16.2 Å². The van der Waals surface area contributed by atoms with Crippen LogP contribution in [-0.2, 0) is 6.61 Å².